The van der Waals surface area contributed by atoms with Crippen molar-refractivity contribution in [1.29, 1.82) is 0 Å². The van der Waals surface area contributed by atoms with Crippen LogP contribution in [0, 0.1) is 0 Å². The number of carbonyl (C=O) groups excluding carboxylic acids is 2. The Morgan fingerprint density at radius 2 is 1.79 bits per heavy atom. The minimum atomic E-state index is -0.757. The maximum atomic E-state index is 11.9. The quantitative estimate of drug-likeness (QED) is 0.790. The first kappa shape index (κ1) is 18.6. The number of ether oxygens (including phenoxy) is 1. The van der Waals surface area contributed by atoms with Crippen LogP contribution in [0.15, 0.2) is 36.4 Å². The fourth-order valence-corrected chi connectivity index (χ4v) is 2.62. The minimum absolute atomic E-state index is 0.333. The third-order valence-corrected chi connectivity index (χ3v) is 3.84. The molecule has 0 aliphatic heterocycles. The Labute approximate surface area is 151 Å². The fraction of sp³-hybridized carbons (Fsp3) is 0.333. The van der Waals surface area contributed by atoms with Crippen LogP contribution < -0.4 is 5.32 Å². The number of hydrogen-bond donors (Lipinski definition) is 2. The highest BCUT2D eigenvalue weighted by molar-refractivity contribution is 7.96. The van der Waals surface area contributed by atoms with Crippen molar-refractivity contribution in [3.63, 3.8) is 0 Å². The molecule has 6 heteroatoms. The van der Waals surface area contributed by atoms with Gasteiger partial charge in [-0.1, -0.05) is 35.9 Å². The minimum Gasteiger partial charge on any atom is -0.444 e. The van der Waals surface area contributed by atoms with E-state index in [0.717, 1.165) is 16.3 Å². The first-order valence-corrected chi connectivity index (χ1v) is 8.37. The second-order valence-corrected chi connectivity index (χ2v) is 7.44. The SMILES string of the molecule is CC(C)(C)OC(=O)NC(Cc1ccc2cc(Cl)ccc2c1)C(=O)S. The molecule has 0 saturated carbocycles. The number of hydrogen-bond acceptors (Lipinski definition) is 3. The van der Waals surface area contributed by atoms with E-state index in [1.165, 1.54) is 0 Å². The van der Waals surface area contributed by atoms with Gasteiger partial charge in [-0.15, -0.1) is 12.6 Å². The Hall–Kier alpha value is -1.72. The molecule has 1 atom stereocenters. The molecule has 0 aliphatic rings. The van der Waals surface area contributed by atoms with E-state index in [9.17, 15) is 9.59 Å². The largest absolute Gasteiger partial charge is 0.444 e. The van der Waals surface area contributed by atoms with Crippen LogP contribution in [0.2, 0.25) is 5.02 Å². The molecule has 0 bridgehead atoms. The molecular formula is C18H20ClNO3S. The van der Waals surface area contributed by atoms with Crippen molar-refractivity contribution in [1.82, 2.24) is 5.32 Å². The summed E-state index contributed by atoms with van der Waals surface area (Å²) in [5.74, 6) is 0. The Morgan fingerprint density at radius 1 is 1.17 bits per heavy atom. The van der Waals surface area contributed by atoms with Crippen LogP contribution in [0.3, 0.4) is 0 Å². The Balaban J connectivity index is 2.14. The lowest BCUT2D eigenvalue weighted by Crippen LogP contribution is -2.43. The van der Waals surface area contributed by atoms with Gasteiger partial charge in [0.25, 0.3) is 0 Å². The van der Waals surface area contributed by atoms with Gasteiger partial charge in [0.1, 0.15) is 11.6 Å². The van der Waals surface area contributed by atoms with Crippen molar-refractivity contribution < 1.29 is 14.3 Å². The van der Waals surface area contributed by atoms with Gasteiger partial charge in [0.05, 0.1) is 0 Å². The van der Waals surface area contributed by atoms with Crippen LogP contribution in [-0.4, -0.2) is 22.9 Å². The first-order chi connectivity index (χ1) is 11.1. The van der Waals surface area contributed by atoms with Crippen molar-refractivity contribution in [2.75, 3.05) is 0 Å². The van der Waals surface area contributed by atoms with Crippen molar-refractivity contribution in [3.8, 4) is 0 Å². The van der Waals surface area contributed by atoms with Crippen LogP contribution in [0.4, 0.5) is 4.79 Å². The number of nitrogens with one attached hydrogen (secondary N) is 1. The number of carbonyl (C=O) groups is 2. The number of alkyl carbamates (subject to hydrolysis) is 1. The van der Waals surface area contributed by atoms with Crippen molar-refractivity contribution in [3.05, 3.63) is 47.0 Å². The van der Waals surface area contributed by atoms with Gasteiger partial charge in [0, 0.05) is 11.4 Å². The normalized spacial score (nSPS) is 12.7. The molecule has 2 aromatic carbocycles. The van der Waals surface area contributed by atoms with E-state index in [4.69, 9.17) is 16.3 Å². The smallest absolute Gasteiger partial charge is 0.408 e. The summed E-state index contributed by atoms with van der Waals surface area (Å²) in [5.41, 5.74) is 0.282. The Bertz CT molecular complexity index is 770. The molecule has 1 N–H and O–H groups in total. The maximum Gasteiger partial charge on any atom is 0.408 e. The number of amides is 1. The third kappa shape index (κ3) is 5.42. The summed E-state index contributed by atoms with van der Waals surface area (Å²) in [5, 5.41) is 4.85. The van der Waals surface area contributed by atoms with Crippen LogP contribution in [-0.2, 0) is 16.0 Å². The molecule has 128 valence electrons. The fourth-order valence-electron chi connectivity index (χ4n) is 2.28. The van der Waals surface area contributed by atoms with E-state index < -0.39 is 22.9 Å². The molecule has 0 heterocycles. The number of rotatable bonds is 4. The third-order valence-electron chi connectivity index (χ3n) is 3.30. The Kier molecular flexibility index (Phi) is 5.78. The van der Waals surface area contributed by atoms with Gasteiger partial charge >= 0.3 is 6.09 Å². The molecule has 2 aromatic rings. The number of benzene rings is 2. The van der Waals surface area contributed by atoms with Gasteiger partial charge in [-0.25, -0.2) is 4.79 Å². The van der Waals surface area contributed by atoms with Crippen molar-refractivity contribution in [2.45, 2.75) is 38.8 Å². The molecule has 24 heavy (non-hydrogen) atoms. The van der Waals surface area contributed by atoms with Gasteiger partial charge in [-0.3, -0.25) is 4.79 Å². The Morgan fingerprint density at radius 3 is 2.42 bits per heavy atom. The average Bonchev–Trinajstić information content (AvgIpc) is 2.44. The molecule has 1 unspecified atom stereocenters. The highest BCUT2D eigenvalue weighted by Gasteiger charge is 2.23. The van der Waals surface area contributed by atoms with E-state index in [1.54, 1.807) is 20.8 Å². The second kappa shape index (κ2) is 7.45. The molecule has 0 fully saturated rings. The lowest BCUT2D eigenvalue weighted by Gasteiger charge is -2.22. The summed E-state index contributed by atoms with van der Waals surface area (Å²) >= 11 is 9.85. The maximum absolute atomic E-state index is 11.9. The molecule has 0 spiro atoms. The van der Waals surface area contributed by atoms with Gasteiger partial charge < -0.3 is 10.1 Å². The molecule has 0 aliphatic carbocycles. The molecule has 0 saturated heterocycles. The molecule has 1 amide bonds. The monoisotopic (exact) mass is 365 g/mol. The lowest BCUT2D eigenvalue weighted by molar-refractivity contribution is -0.112. The molecule has 4 nitrogen and oxygen atoms in total. The van der Waals surface area contributed by atoms with Crippen molar-refractivity contribution in [2.24, 2.45) is 0 Å². The van der Waals surface area contributed by atoms with Crippen molar-refractivity contribution >= 4 is 46.2 Å². The predicted molar refractivity (Wildman–Crippen MR) is 99.8 cm³/mol. The second-order valence-electron chi connectivity index (χ2n) is 6.57. The van der Waals surface area contributed by atoms with Crippen LogP contribution in [0.5, 0.6) is 0 Å². The van der Waals surface area contributed by atoms with E-state index >= 15 is 0 Å². The topological polar surface area (TPSA) is 55.4 Å². The zero-order valence-corrected chi connectivity index (χ0v) is 15.4. The highest BCUT2D eigenvalue weighted by atomic mass is 35.5. The summed E-state index contributed by atoms with van der Waals surface area (Å²) in [6.07, 6.45) is -0.303. The van der Waals surface area contributed by atoms with Crippen LogP contribution >= 0.6 is 24.2 Å². The molecule has 0 radical (unpaired) electrons. The van der Waals surface area contributed by atoms with Gasteiger partial charge in [-0.2, -0.15) is 0 Å². The van der Waals surface area contributed by atoms with Gasteiger partial charge in [-0.05, 0) is 49.2 Å². The van der Waals surface area contributed by atoms with Gasteiger partial charge in [0.2, 0.25) is 5.12 Å². The summed E-state index contributed by atoms with van der Waals surface area (Å²) in [6, 6.07) is 10.7. The number of halogens is 1. The van der Waals surface area contributed by atoms with Crippen LogP contribution in [0.1, 0.15) is 26.3 Å². The van der Waals surface area contributed by atoms with E-state index in [1.807, 2.05) is 36.4 Å². The average molecular weight is 366 g/mol. The predicted octanol–water partition coefficient (Wildman–Crippen LogP) is 4.39. The zero-order chi connectivity index (χ0) is 17.9. The molecular weight excluding hydrogens is 346 g/mol. The standard InChI is InChI=1S/C18H20ClNO3S/c1-18(2,3)23-17(22)20-15(16(21)24)9-11-4-5-13-10-14(19)7-6-12(13)8-11/h4-8,10,15H,9H2,1-3H3,(H,20,22)(H,21,24). The van der Waals surface area contributed by atoms with E-state index in [0.29, 0.717) is 11.4 Å². The summed E-state index contributed by atoms with van der Waals surface area (Å²) in [6.45, 7) is 5.29. The van der Waals surface area contributed by atoms with Crippen LogP contribution in [0.25, 0.3) is 10.8 Å². The number of fused-ring (bicyclic) bond motifs is 1. The number of thiol groups is 1. The molecule has 0 aromatic heterocycles. The zero-order valence-electron chi connectivity index (χ0n) is 13.8. The summed E-state index contributed by atoms with van der Waals surface area (Å²) < 4.78 is 5.19. The van der Waals surface area contributed by atoms with E-state index in [2.05, 4.69) is 17.9 Å². The highest BCUT2D eigenvalue weighted by Crippen LogP contribution is 2.21. The molecule has 2 rings (SSSR count). The lowest BCUT2D eigenvalue weighted by atomic mass is 10.0. The first-order valence-electron chi connectivity index (χ1n) is 7.54. The van der Waals surface area contributed by atoms with E-state index in [-0.39, 0.29) is 0 Å². The van der Waals surface area contributed by atoms with Gasteiger partial charge in [0.15, 0.2) is 0 Å². The summed E-state index contributed by atoms with van der Waals surface area (Å²) in [4.78, 5) is 23.6. The summed E-state index contributed by atoms with van der Waals surface area (Å²) in [7, 11) is 0.